The van der Waals surface area contributed by atoms with Gasteiger partial charge in [0.05, 0.1) is 4.90 Å². The number of hydrogen-bond donors (Lipinski definition) is 1. The zero-order chi connectivity index (χ0) is 15.3. The highest BCUT2D eigenvalue weighted by Gasteiger charge is 2.30. The fourth-order valence-corrected chi connectivity index (χ4v) is 4.82. The molecule has 1 aromatic carbocycles. The molecular weight excluding hydrogens is 284 g/mol. The van der Waals surface area contributed by atoms with Crippen LogP contribution in [0.5, 0.6) is 0 Å². The van der Waals surface area contributed by atoms with Crippen LogP contribution >= 0.6 is 0 Å². The molecule has 0 radical (unpaired) electrons. The number of sulfonamides is 1. The Morgan fingerprint density at radius 3 is 2.29 bits per heavy atom. The predicted molar refractivity (Wildman–Crippen MR) is 85.6 cm³/mol. The van der Waals surface area contributed by atoms with Gasteiger partial charge in [0.1, 0.15) is 0 Å². The van der Waals surface area contributed by atoms with Gasteiger partial charge in [-0.1, -0.05) is 38.3 Å². The highest BCUT2D eigenvalue weighted by molar-refractivity contribution is 7.89. The molecule has 2 rings (SSSR count). The minimum absolute atomic E-state index is 0.164. The van der Waals surface area contributed by atoms with Crippen molar-refractivity contribution in [3.63, 3.8) is 0 Å². The first-order valence-corrected chi connectivity index (χ1v) is 9.34. The molecule has 0 saturated heterocycles. The van der Waals surface area contributed by atoms with Crippen LogP contribution < -0.4 is 5.73 Å². The average molecular weight is 310 g/mol. The summed E-state index contributed by atoms with van der Waals surface area (Å²) in [5, 5.41) is 0. The monoisotopic (exact) mass is 310 g/mol. The Morgan fingerprint density at radius 2 is 1.76 bits per heavy atom. The molecule has 21 heavy (non-hydrogen) atoms. The minimum atomic E-state index is -3.38. The van der Waals surface area contributed by atoms with Crippen molar-refractivity contribution in [3.05, 3.63) is 29.8 Å². The molecule has 1 fully saturated rings. The number of nitrogens with zero attached hydrogens (tertiary/aromatic N) is 1. The molecule has 1 aliphatic rings. The number of benzene rings is 1. The second kappa shape index (κ2) is 7.38. The zero-order valence-electron chi connectivity index (χ0n) is 12.8. The van der Waals surface area contributed by atoms with Crippen LogP contribution in [0.25, 0.3) is 0 Å². The van der Waals surface area contributed by atoms with E-state index < -0.39 is 10.0 Å². The number of hydrogen-bond acceptors (Lipinski definition) is 3. The summed E-state index contributed by atoms with van der Waals surface area (Å²) < 4.78 is 27.4. The van der Waals surface area contributed by atoms with Gasteiger partial charge in [-0.05, 0) is 43.5 Å². The van der Waals surface area contributed by atoms with Gasteiger partial charge in [-0.2, -0.15) is 4.31 Å². The summed E-state index contributed by atoms with van der Waals surface area (Å²) in [7, 11) is -3.38. The molecule has 1 aliphatic carbocycles. The van der Waals surface area contributed by atoms with Crippen LogP contribution in [0, 0.1) is 0 Å². The third-order valence-corrected chi connectivity index (χ3v) is 6.30. The van der Waals surface area contributed by atoms with Gasteiger partial charge in [0.25, 0.3) is 0 Å². The fourth-order valence-electron chi connectivity index (χ4n) is 3.12. The van der Waals surface area contributed by atoms with E-state index in [1.165, 1.54) is 6.42 Å². The smallest absolute Gasteiger partial charge is 0.243 e. The second-order valence-corrected chi connectivity index (χ2v) is 7.57. The third kappa shape index (κ3) is 3.84. The first-order valence-electron chi connectivity index (χ1n) is 7.90. The second-order valence-electron chi connectivity index (χ2n) is 5.68. The van der Waals surface area contributed by atoms with Gasteiger partial charge in [-0.3, -0.25) is 0 Å². The van der Waals surface area contributed by atoms with Crippen LogP contribution in [0.1, 0.15) is 44.6 Å². The van der Waals surface area contributed by atoms with Crippen molar-refractivity contribution in [1.82, 2.24) is 4.31 Å². The summed E-state index contributed by atoms with van der Waals surface area (Å²) >= 11 is 0. The van der Waals surface area contributed by atoms with Gasteiger partial charge < -0.3 is 5.73 Å². The van der Waals surface area contributed by atoms with Crippen LogP contribution in [0.2, 0.25) is 0 Å². The van der Waals surface area contributed by atoms with E-state index in [2.05, 4.69) is 0 Å². The minimum Gasteiger partial charge on any atom is -0.330 e. The topological polar surface area (TPSA) is 63.4 Å². The maximum atomic E-state index is 12.8. The molecule has 0 heterocycles. The van der Waals surface area contributed by atoms with E-state index in [1.54, 1.807) is 16.4 Å². The fraction of sp³-hybridized carbons (Fsp3) is 0.625. The lowest BCUT2D eigenvalue weighted by atomic mass is 9.95. The zero-order valence-corrected chi connectivity index (χ0v) is 13.6. The van der Waals surface area contributed by atoms with Gasteiger partial charge in [0.2, 0.25) is 10.0 Å². The lowest BCUT2D eigenvalue weighted by molar-refractivity contribution is 0.261. The Bertz CT molecular complexity index is 534. The quantitative estimate of drug-likeness (QED) is 0.878. The molecule has 0 unspecified atom stereocenters. The lowest BCUT2D eigenvalue weighted by Gasteiger charge is -2.32. The lowest BCUT2D eigenvalue weighted by Crippen LogP contribution is -2.41. The molecular formula is C16H26N2O2S. The molecule has 4 nitrogen and oxygen atoms in total. The van der Waals surface area contributed by atoms with Gasteiger partial charge >= 0.3 is 0 Å². The van der Waals surface area contributed by atoms with Crippen molar-refractivity contribution in [2.24, 2.45) is 5.73 Å². The molecule has 1 saturated carbocycles. The van der Waals surface area contributed by atoms with Crippen LogP contribution in [-0.4, -0.2) is 31.9 Å². The van der Waals surface area contributed by atoms with Crippen molar-refractivity contribution in [2.45, 2.75) is 56.4 Å². The standard InChI is InChI=1S/C16H26N2O2S/c1-2-18(15-6-4-3-5-7-15)21(19,20)16-10-8-14(9-11-16)12-13-17/h8-11,15H,2-7,12-13,17H2,1H3. The summed E-state index contributed by atoms with van der Waals surface area (Å²) in [4.78, 5) is 0.399. The summed E-state index contributed by atoms with van der Waals surface area (Å²) in [5.74, 6) is 0. The summed E-state index contributed by atoms with van der Waals surface area (Å²) in [6.07, 6.45) is 6.23. The molecule has 5 heteroatoms. The third-order valence-electron chi connectivity index (χ3n) is 4.26. The van der Waals surface area contributed by atoms with Crippen LogP contribution in [0.3, 0.4) is 0 Å². The molecule has 0 spiro atoms. The van der Waals surface area contributed by atoms with Crippen LogP contribution in [0.15, 0.2) is 29.2 Å². The van der Waals surface area contributed by atoms with Gasteiger partial charge in [0.15, 0.2) is 0 Å². The maximum absolute atomic E-state index is 12.8. The number of rotatable bonds is 6. The van der Waals surface area contributed by atoms with Crippen LogP contribution in [0.4, 0.5) is 0 Å². The van der Waals surface area contributed by atoms with Crippen molar-refractivity contribution < 1.29 is 8.42 Å². The maximum Gasteiger partial charge on any atom is 0.243 e. The highest BCUT2D eigenvalue weighted by Crippen LogP contribution is 2.27. The summed E-state index contributed by atoms with van der Waals surface area (Å²) in [5.41, 5.74) is 6.61. The van der Waals surface area contributed by atoms with E-state index in [-0.39, 0.29) is 6.04 Å². The normalized spacial score (nSPS) is 17.3. The molecule has 1 aromatic rings. The molecule has 118 valence electrons. The predicted octanol–water partition coefficient (Wildman–Crippen LogP) is 2.53. The highest BCUT2D eigenvalue weighted by atomic mass is 32.2. The van der Waals surface area contributed by atoms with E-state index in [0.29, 0.717) is 18.0 Å². The van der Waals surface area contributed by atoms with Gasteiger partial charge in [0, 0.05) is 12.6 Å². The van der Waals surface area contributed by atoms with Crippen molar-refractivity contribution in [1.29, 1.82) is 0 Å². The molecule has 0 aliphatic heterocycles. The first-order chi connectivity index (χ1) is 10.1. The first kappa shape index (κ1) is 16.5. The van der Waals surface area contributed by atoms with Crippen molar-refractivity contribution in [2.75, 3.05) is 13.1 Å². The van der Waals surface area contributed by atoms with E-state index in [1.807, 2.05) is 19.1 Å². The Morgan fingerprint density at radius 1 is 1.14 bits per heavy atom. The van der Waals surface area contributed by atoms with Crippen molar-refractivity contribution in [3.8, 4) is 0 Å². The largest absolute Gasteiger partial charge is 0.330 e. The van der Waals surface area contributed by atoms with E-state index in [4.69, 9.17) is 5.73 Å². The molecule has 2 N–H and O–H groups in total. The Balaban J connectivity index is 2.21. The van der Waals surface area contributed by atoms with Crippen LogP contribution in [-0.2, 0) is 16.4 Å². The van der Waals surface area contributed by atoms with E-state index >= 15 is 0 Å². The number of nitrogens with two attached hydrogens (primary N) is 1. The Labute approximate surface area is 128 Å². The van der Waals surface area contributed by atoms with E-state index in [9.17, 15) is 8.42 Å². The van der Waals surface area contributed by atoms with E-state index in [0.717, 1.165) is 37.7 Å². The average Bonchev–Trinajstić information content (AvgIpc) is 2.50. The van der Waals surface area contributed by atoms with Crippen molar-refractivity contribution >= 4 is 10.0 Å². The Kier molecular flexibility index (Phi) is 5.79. The molecule has 0 bridgehead atoms. The summed E-state index contributed by atoms with van der Waals surface area (Å²) in [6.45, 7) is 3.04. The molecule has 0 atom stereocenters. The van der Waals surface area contributed by atoms with Gasteiger partial charge in [-0.25, -0.2) is 8.42 Å². The molecule has 0 aromatic heterocycles. The molecule has 0 amide bonds. The summed E-state index contributed by atoms with van der Waals surface area (Å²) in [6, 6.07) is 7.33. The van der Waals surface area contributed by atoms with Gasteiger partial charge in [-0.15, -0.1) is 0 Å². The SMILES string of the molecule is CCN(C1CCCCC1)S(=O)(=O)c1ccc(CCN)cc1. The Hall–Kier alpha value is -0.910.